The van der Waals surface area contributed by atoms with Gasteiger partial charge in [-0.3, -0.25) is 5.32 Å². The van der Waals surface area contributed by atoms with Crippen LogP contribution in [-0.2, 0) is 4.74 Å². The number of hydrogen-bond acceptors (Lipinski definition) is 5. The summed E-state index contributed by atoms with van der Waals surface area (Å²) in [5.74, 6) is 1.74. The van der Waals surface area contributed by atoms with Crippen molar-refractivity contribution in [2.45, 2.75) is 25.9 Å². The van der Waals surface area contributed by atoms with Gasteiger partial charge in [-0.05, 0) is 38.1 Å². The van der Waals surface area contributed by atoms with Crippen LogP contribution in [0.25, 0.3) is 5.69 Å². The van der Waals surface area contributed by atoms with Crippen molar-refractivity contribution in [1.82, 2.24) is 20.3 Å². The maximum Gasteiger partial charge on any atom is 0.123 e. The maximum atomic E-state index is 5.73. The topological polar surface area (TPSA) is 65.1 Å². The lowest BCUT2D eigenvalue weighted by Crippen LogP contribution is -2.28. The molecule has 3 rings (SSSR count). The van der Waals surface area contributed by atoms with Crippen molar-refractivity contribution in [2.24, 2.45) is 0 Å². The van der Waals surface area contributed by atoms with Crippen LogP contribution in [0.2, 0.25) is 0 Å². The van der Waals surface area contributed by atoms with Crippen molar-refractivity contribution in [3.8, 4) is 5.69 Å². The number of aromatic nitrogens is 3. The van der Waals surface area contributed by atoms with Gasteiger partial charge in [0, 0.05) is 7.11 Å². The number of benzene rings is 1. The van der Waals surface area contributed by atoms with Crippen LogP contribution in [0.15, 0.2) is 53.1 Å². The number of nitrogens with zero attached hydrogens (tertiary/aromatic N) is 3. The van der Waals surface area contributed by atoms with E-state index in [1.807, 2.05) is 55.6 Å². The molecule has 0 bridgehead atoms. The van der Waals surface area contributed by atoms with E-state index in [0.29, 0.717) is 6.61 Å². The molecular formula is C18H22N4O2. The fourth-order valence-corrected chi connectivity index (χ4v) is 2.59. The number of nitrogens with one attached hydrogen (secondary N) is 1. The molecule has 2 aromatic heterocycles. The molecule has 0 spiro atoms. The Balaban J connectivity index is 1.73. The van der Waals surface area contributed by atoms with Crippen molar-refractivity contribution in [2.75, 3.05) is 13.7 Å². The monoisotopic (exact) mass is 326 g/mol. The zero-order chi connectivity index (χ0) is 16.9. The van der Waals surface area contributed by atoms with Gasteiger partial charge in [0.25, 0.3) is 0 Å². The van der Waals surface area contributed by atoms with Crippen LogP contribution in [0.3, 0.4) is 0 Å². The molecule has 1 N–H and O–H groups in total. The van der Waals surface area contributed by atoms with Gasteiger partial charge in [0.1, 0.15) is 11.5 Å². The summed E-state index contributed by atoms with van der Waals surface area (Å²) in [6.07, 6.45) is 1.93. The van der Waals surface area contributed by atoms with Crippen molar-refractivity contribution in [3.05, 3.63) is 65.9 Å². The quantitative estimate of drug-likeness (QED) is 0.722. The summed E-state index contributed by atoms with van der Waals surface area (Å²) in [4.78, 5) is 0. The van der Waals surface area contributed by atoms with Crippen molar-refractivity contribution in [1.29, 1.82) is 0 Å². The fourth-order valence-electron chi connectivity index (χ4n) is 2.59. The van der Waals surface area contributed by atoms with E-state index >= 15 is 0 Å². The standard InChI is InChI=1S/C18H22N4O2/c1-13-9-10-18(24-13)17(12-23-3)19-14(2)16-11-22(21-20-16)15-7-5-4-6-8-15/h4-11,14,17,19H,12H2,1-3H3/t14-,17+/m1/s1. The van der Waals surface area contributed by atoms with Crippen LogP contribution in [0.5, 0.6) is 0 Å². The predicted octanol–water partition coefficient (Wildman–Crippen LogP) is 3.21. The van der Waals surface area contributed by atoms with Crippen LogP contribution in [0.4, 0.5) is 0 Å². The zero-order valence-electron chi connectivity index (χ0n) is 14.1. The molecule has 6 heteroatoms. The third-order valence-electron chi connectivity index (χ3n) is 3.86. The SMILES string of the molecule is COC[C@H](N[C@H](C)c1cn(-c2ccccc2)nn1)c1ccc(C)o1. The highest BCUT2D eigenvalue weighted by molar-refractivity contribution is 5.30. The lowest BCUT2D eigenvalue weighted by atomic mass is 10.1. The third-order valence-corrected chi connectivity index (χ3v) is 3.86. The molecule has 1 aromatic carbocycles. The average molecular weight is 326 g/mol. The lowest BCUT2D eigenvalue weighted by molar-refractivity contribution is 0.151. The Labute approximate surface area is 141 Å². The Kier molecular flexibility index (Phi) is 5.08. The molecule has 0 radical (unpaired) electrons. The first-order valence-corrected chi connectivity index (χ1v) is 7.96. The molecule has 0 aliphatic carbocycles. The Morgan fingerprint density at radius 1 is 1.21 bits per heavy atom. The van der Waals surface area contributed by atoms with Gasteiger partial charge in [0.2, 0.25) is 0 Å². The number of para-hydroxylation sites is 1. The van der Waals surface area contributed by atoms with E-state index in [1.165, 1.54) is 0 Å². The summed E-state index contributed by atoms with van der Waals surface area (Å²) in [6, 6.07) is 13.8. The Morgan fingerprint density at radius 2 is 2.00 bits per heavy atom. The van der Waals surface area contributed by atoms with Gasteiger partial charge >= 0.3 is 0 Å². The second-order valence-corrected chi connectivity index (χ2v) is 5.77. The zero-order valence-corrected chi connectivity index (χ0v) is 14.1. The molecule has 0 unspecified atom stereocenters. The van der Waals surface area contributed by atoms with Crippen molar-refractivity contribution in [3.63, 3.8) is 0 Å². The molecule has 126 valence electrons. The molecule has 0 fully saturated rings. The molecule has 0 aliphatic rings. The van der Waals surface area contributed by atoms with Crippen LogP contribution in [0.1, 0.15) is 36.2 Å². The minimum Gasteiger partial charge on any atom is -0.465 e. The summed E-state index contributed by atoms with van der Waals surface area (Å²) in [6.45, 7) is 4.50. The summed E-state index contributed by atoms with van der Waals surface area (Å²) in [5, 5.41) is 12.0. The molecule has 0 saturated heterocycles. The minimum absolute atomic E-state index is 0.00742. The maximum absolute atomic E-state index is 5.73. The van der Waals surface area contributed by atoms with Crippen LogP contribution in [-0.4, -0.2) is 28.7 Å². The molecule has 0 saturated carbocycles. The molecule has 24 heavy (non-hydrogen) atoms. The predicted molar refractivity (Wildman–Crippen MR) is 91.0 cm³/mol. The lowest BCUT2D eigenvalue weighted by Gasteiger charge is -2.19. The van der Waals surface area contributed by atoms with E-state index in [2.05, 4.69) is 22.6 Å². The summed E-state index contributed by atoms with van der Waals surface area (Å²) >= 11 is 0. The van der Waals surface area contributed by atoms with E-state index in [4.69, 9.17) is 9.15 Å². The average Bonchev–Trinajstić information content (AvgIpc) is 3.24. The molecular weight excluding hydrogens is 304 g/mol. The molecule has 3 aromatic rings. The number of methoxy groups -OCH3 is 1. The Hall–Kier alpha value is -2.44. The van der Waals surface area contributed by atoms with Gasteiger partial charge < -0.3 is 9.15 Å². The third kappa shape index (κ3) is 3.72. The van der Waals surface area contributed by atoms with Crippen LogP contribution in [0, 0.1) is 6.92 Å². The summed E-state index contributed by atoms with van der Waals surface area (Å²) < 4.78 is 12.8. The molecule has 2 heterocycles. The second kappa shape index (κ2) is 7.42. The highest BCUT2D eigenvalue weighted by Crippen LogP contribution is 2.21. The van der Waals surface area contributed by atoms with Gasteiger partial charge in [-0.2, -0.15) is 0 Å². The first-order valence-electron chi connectivity index (χ1n) is 7.96. The normalized spacial score (nSPS) is 13.8. The van der Waals surface area contributed by atoms with Gasteiger partial charge in [0.05, 0.1) is 36.3 Å². The first-order chi connectivity index (χ1) is 11.7. The van der Waals surface area contributed by atoms with E-state index in [1.54, 1.807) is 11.8 Å². The highest BCUT2D eigenvalue weighted by atomic mass is 16.5. The van der Waals surface area contributed by atoms with Gasteiger partial charge in [-0.1, -0.05) is 23.4 Å². The van der Waals surface area contributed by atoms with Crippen LogP contribution >= 0.6 is 0 Å². The molecule has 0 aliphatic heterocycles. The number of ether oxygens (including phenoxy) is 1. The number of hydrogen-bond donors (Lipinski definition) is 1. The molecule has 2 atom stereocenters. The summed E-state index contributed by atoms with van der Waals surface area (Å²) in [7, 11) is 1.68. The number of rotatable bonds is 7. The number of furan rings is 1. The van der Waals surface area contributed by atoms with E-state index in [-0.39, 0.29) is 12.1 Å². The number of aryl methyl sites for hydroxylation is 1. The van der Waals surface area contributed by atoms with Gasteiger partial charge in [0.15, 0.2) is 0 Å². The highest BCUT2D eigenvalue weighted by Gasteiger charge is 2.20. The van der Waals surface area contributed by atoms with Crippen molar-refractivity contribution >= 4 is 0 Å². The van der Waals surface area contributed by atoms with Crippen LogP contribution < -0.4 is 5.32 Å². The Morgan fingerprint density at radius 3 is 2.67 bits per heavy atom. The molecule has 6 nitrogen and oxygen atoms in total. The first kappa shape index (κ1) is 16.4. The fraction of sp³-hybridized carbons (Fsp3) is 0.333. The molecule has 0 amide bonds. The second-order valence-electron chi connectivity index (χ2n) is 5.77. The largest absolute Gasteiger partial charge is 0.465 e. The summed E-state index contributed by atoms with van der Waals surface area (Å²) in [5.41, 5.74) is 1.85. The van der Waals surface area contributed by atoms with Gasteiger partial charge in [-0.25, -0.2) is 4.68 Å². The minimum atomic E-state index is -0.0411. The smallest absolute Gasteiger partial charge is 0.123 e. The Bertz CT molecular complexity index is 766. The van der Waals surface area contributed by atoms with E-state index in [9.17, 15) is 0 Å². The van der Waals surface area contributed by atoms with E-state index < -0.39 is 0 Å². The van der Waals surface area contributed by atoms with Crippen molar-refractivity contribution < 1.29 is 9.15 Å². The van der Waals surface area contributed by atoms with E-state index in [0.717, 1.165) is 22.9 Å². The van der Waals surface area contributed by atoms with Gasteiger partial charge in [-0.15, -0.1) is 5.10 Å².